The average Bonchev–Trinajstić information content (AvgIpc) is 2.63. The van der Waals surface area contributed by atoms with Crippen LogP contribution < -0.4 is 5.32 Å². The highest BCUT2D eigenvalue weighted by atomic mass is 15.3. The summed E-state index contributed by atoms with van der Waals surface area (Å²) in [5, 5.41) is 7.46. The van der Waals surface area contributed by atoms with Crippen molar-refractivity contribution in [1.82, 2.24) is 15.1 Å². The van der Waals surface area contributed by atoms with E-state index in [1.165, 1.54) is 0 Å². The van der Waals surface area contributed by atoms with Crippen LogP contribution in [0.2, 0.25) is 0 Å². The third-order valence-electron chi connectivity index (χ3n) is 1.80. The van der Waals surface area contributed by atoms with E-state index in [1.807, 2.05) is 23.9 Å². The highest BCUT2D eigenvalue weighted by molar-refractivity contribution is 4.78. The minimum Gasteiger partial charge on any atom is -0.315 e. The van der Waals surface area contributed by atoms with Crippen LogP contribution in [-0.2, 0) is 6.54 Å². The number of hydrogen-bond donors (Lipinski definition) is 1. The molecule has 1 N–H and O–H groups in total. The Hall–Kier alpha value is -1.09. The van der Waals surface area contributed by atoms with Gasteiger partial charge in [-0.15, -0.1) is 0 Å². The third-order valence-corrected chi connectivity index (χ3v) is 1.80. The van der Waals surface area contributed by atoms with Crippen molar-refractivity contribution in [2.24, 2.45) is 0 Å². The maximum absolute atomic E-state index is 4.11. The molecule has 1 aromatic heterocycles. The normalized spacial score (nSPS) is 11.2. The Bertz CT molecular complexity index is 226. The summed E-state index contributed by atoms with van der Waals surface area (Å²) in [6.45, 7) is 5.03. The van der Waals surface area contributed by atoms with Crippen molar-refractivity contribution in [3.05, 3.63) is 30.6 Å². The number of hydrogen-bond acceptors (Lipinski definition) is 2. The molecule has 0 aliphatic rings. The van der Waals surface area contributed by atoms with Gasteiger partial charge in [-0.1, -0.05) is 12.2 Å². The fourth-order valence-corrected chi connectivity index (χ4v) is 1.10. The highest BCUT2D eigenvalue weighted by Gasteiger charge is 1.88. The molecule has 1 aromatic rings. The summed E-state index contributed by atoms with van der Waals surface area (Å²) in [5.74, 6) is 0. The minimum atomic E-state index is 0.947. The van der Waals surface area contributed by atoms with Gasteiger partial charge in [0.05, 0.1) is 6.54 Å². The lowest BCUT2D eigenvalue weighted by atomic mass is 10.4. The van der Waals surface area contributed by atoms with Crippen LogP contribution in [0.1, 0.15) is 13.3 Å². The molecule has 0 atom stereocenters. The molecule has 3 nitrogen and oxygen atoms in total. The van der Waals surface area contributed by atoms with Crippen molar-refractivity contribution in [1.29, 1.82) is 0 Å². The third kappa shape index (κ3) is 4.48. The van der Waals surface area contributed by atoms with Crippen molar-refractivity contribution >= 4 is 0 Å². The van der Waals surface area contributed by atoms with Crippen LogP contribution in [0, 0.1) is 0 Å². The Morgan fingerprint density at radius 3 is 3.08 bits per heavy atom. The van der Waals surface area contributed by atoms with E-state index in [0.717, 1.165) is 26.1 Å². The molecule has 0 aliphatic heterocycles. The summed E-state index contributed by atoms with van der Waals surface area (Å²) in [6, 6.07) is 1.94. The first-order valence-corrected chi connectivity index (χ1v) is 4.73. The van der Waals surface area contributed by atoms with Crippen molar-refractivity contribution in [3.63, 3.8) is 0 Å². The van der Waals surface area contributed by atoms with Gasteiger partial charge in [0.15, 0.2) is 0 Å². The maximum Gasteiger partial charge on any atom is 0.0533 e. The van der Waals surface area contributed by atoms with Crippen LogP contribution in [0.25, 0.3) is 0 Å². The molecule has 0 spiro atoms. The van der Waals surface area contributed by atoms with E-state index in [9.17, 15) is 0 Å². The summed E-state index contributed by atoms with van der Waals surface area (Å²) in [4.78, 5) is 0. The van der Waals surface area contributed by atoms with Gasteiger partial charge in [0.2, 0.25) is 0 Å². The molecule has 13 heavy (non-hydrogen) atoms. The Labute approximate surface area is 79.5 Å². The van der Waals surface area contributed by atoms with E-state index in [4.69, 9.17) is 0 Å². The fraction of sp³-hybridized carbons (Fsp3) is 0.500. The zero-order valence-electron chi connectivity index (χ0n) is 8.11. The van der Waals surface area contributed by atoms with Crippen molar-refractivity contribution in [3.8, 4) is 0 Å². The molecule has 72 valence electrons. The molecule has 3 heteroatoms. The largest absolute Gasteiger partial charge is 0.315 e. The van der Waals surface area contributed by atoms with Gasteiger partial charge < -0.3 is 5.32 Å². The Morgan fingerprint density at radius 1 is 1.46 bits per heavy atom. The van der Waals surface area contributed by atoms with E-state index in [2.05, 4.69) is 22.6 Å². The van der Waals surface area contributed by atoms with Crippen molar-refractivity contribution < 1.29 is 0 Å². The summed E-state index contributed by atoms with van der Waals surface area (Å²) >= 11 is 0. The summed E-state index contributed by atoms with van der Waals surface area (Å²) < 4.78 is 1.93. The monoisotopic (exact) mass is 179 g/mol. The summed E-state index contributed by atoms with van der Waals surface area (Å²) in [5.41, 5.74) is 0. The van der Waals surface area contributed by atoms with Crippen LogP contribution in [0.5, 0.6) is 0 Å². The second-order valence-corrected chi connectivity index (χ2v) is 2.88. The Morgan fingerprint density at radius 2 is 2.38 bits per heavy atom. The van der Waals surface area contributed by atoms with Crippen molar-refractivity contribution in [2.75, 3.05) is 13.1 Å². The molecular formula is C10H17N3. The molecule has 0 saturated carbocycles. The van der Waals surface area contributed by atoms with Gasteiger partial charge in [0.25, 0.3) is 0 Å². The van der Waals surface area contributed by atoms with E-state index in [1.54, 1.807) is 6.20 Å². The van der Waals surface area contributed by atoms with Gasteiger partial charge in [-0.05, 0) is 26.0 Å². The standard InChI is InChI=1S/C10H17N3/c1-2-3-4-6-11-8-10-13-9-5-7-12-13/h2-3,5,7,9,11H,4,6,8,10H2,1H3/b3-2+. The predicted octanol–water partition coefficient (Wildman–Crippen LogP) is 1.44. The fourth-order valence-electron chi connectivity index (χ4n) is 1.10. The van der Waals surface area contributed by atoms with Crippen molar-refractivity contribution in [2.45, 2.75) is 19.9 Å². The van der Waals surface area contributed by atoms with Gasteiger partial charge in [0.1, 0.15) is 0 Å². The zero-order valence-corrected chi connectivity index (χ0v) is 8.11. The first-order valence-electron chi connectivity index (χ1n) is 4.73. The van der Waals surface area contributed by atoms with Crippen LogP contribution in [-0.4, -0.2) is 22.9 Å². The topological polar surface area (TPSA) is 29.9 Å². The van der Waals surface area contributed by atoms with Crippen LogP contribution in [0.15, 0.2) is 30.6 Å². The Kier molecular flexibility index (Phi) is 4.94. The number of nitrogens with one attached hydrogen (secondary N) is 1. The first kappa shape index (κ1) is 9.99. The lowest BCUT2D eigenvalue weighted by Crippen LogP contribution is -2.20. The van der Waals surface area contributed by atoms with E-state index >= 15 is 0 Å². The molecule has 0 aliphatic carbocycles. The molecule has 0 unspecified atom stereocenters. The number of nitrogens with zero attached hydrogens (tertiary/aromatic N) is 2. The molecule has 1 rings (SSSR count). The lowest BCUT2D eigenvalue weighted by molar-refractivity contribution is 0.558. The van der Waals surface area contributed by atoms with Crippen LogP contribution in [0.4, 0.5) is 0 Å². The van der Waals surface area contributed by atoms with E-state index < -0.39 is 0 Å². The number of aromatic nitrogens is 2. The second-order valence-electron chi connectivity index (χ2n) is 2.88. The minimum absolute atomic E-state index is 0.947. The molecule has 1 heterocycles. The SMILES string of the molecule is C/C=C/CCNCCn1cccn1. The summed E-state index contributed by atoms with van der Waals surface area (Å²) in [6.07, 6.45) is 9.14. The highest BCUT2D eigenvalue weighted by Crippen LogP contribution is 1.83. The number of allylic oxidation sites excluding steroid dienone is 1. The van der Waals surface area contributed by atoms with Gasteiger partial charge in [-0.3, -0.25) is 4.68 Å². The van der Waals surface area contributed by atoms with Gasteiger partial charge in [0, 0.05) is 18.9 Å². The molecule has 0 aromatic carbocycles. The quantitative estimate of drug-likeness (QED) is 0.529. The van der Waals surface area contributed by atoms with Crippen LogP contribution in [0.3, 0.4) is 0 Å². The molecule has 0 radical (unpaired) electrons. The lowest BCUT2D eigenvalue weighted by Gasteiger charge is -2.02. The molecule has 0 bridgehead atoms. The van der Waals surface area contributed by atoms with E-state index in [0.29, 0.717) is 0 Å². The summed E-state index contributed by atoms with van der Waals surface area (Å²) in [7, 11) is 0. The van der Waals surface area contributed by atoms with E-state index in [-0.39, 0.29) is 0 Å². The first-order chi connectivity index (χ1) is 6.43. The second kappa shape index (κ2) is 6.43. The molecule has 0 saturated heterocycles. The van der Waals surface area contributed by atoms with Crippen LogP contribution >= 0.6 is 0 Å². The molecule has 0 fully saturated rings. The Balaban J connectivity index is 1.96. The maximum atomic E-state index is 4.11. The molecular weight excluding hydrogens is 162 g/mol. The molecule has 0 amide bonds. The van der Waals surface area contributed by atoms with Gasteiger partial charge in [-0.25, -0.2) is 0 Å². The zero-order chi connectivity index (χ0) is 9.36. The van der Waals surface area contributed by atoms with Gasteiger partial charge in [-0.2, -0.15) is 5.10 Å². The average molecular weight is 179 g/mol. The smallest absolute Gasteiger partial charge is 0.0533 e. The van der Waals surface area contributed by atoms with Gasteiger partial charge >= 0.3 is 0 Å². The predicted molar refractivity (Wildman–Crippen MR) is 54.5 cm³/mol. The number of rotatable bonds is 6.